The third kappa shape index (κ3) is 2.25. The Hall–Kier alpha value is -2.36. The molecule has 20 heavy (non-hydrogen) atoms. The van der Waals surface area contributed by atoms with Crippen LogP contribution in [0.15, 0.2) is 48.5 Å². The zero-order valence-electron chi connectivity index (χ0n) is 11.3. The number of rotatable bonds is 3. The van der Waals surface area contributed by atoms with Crippen LogP contribution >= 0.6 is 0 Å². The second-order valence-electron chi connectivity index (χ2n) is 5.01. The molecule has 0 saturated heterocycles. The van der Waals surface area contributed by atoms with Crippen LogP contribution in [0, 0.1) is 5.82 Å². The molecule has 0 radical (unpaired) electrons. The summed E-state index contributed by atoms with van der Waals surface area (Å²) in [7, 11) is 0. The Balaban J connectivity index is 2.00. The first-order chi connectivity index (χ1) is 9.65. The highest BCUT2D eigenvalue weighted by Gasteiger charge is 2.15. The van der Waals surface area contributed by atoms with Gasteiger partial charge in [-0.05, 0) is 37.1 Å². The van der Waals surface area contributed by atoms with Gasteiger partial charge in [-0.15, -0.1) is 0 Å². The Morgan fingerprint density at radius 2 is 1.95 bits per heavy atom. The van der Waals surface area contributed by atoms with E-state index in [1.165, 1.54) is 17.7 Å². The van der Waals surface area contributed by atoms with E-state index in [0.29, 0.717) is 5.95 Å². The standard InChI is InChI=1S/C16H16FN3/c1-11(9-12-5-3-2-4-6-12)20-15-10-13(17)7-8-14(15)19-16(20)18/h2-8,10-11H,9H2,1H3,(H2,18,19). The number of hydrogen-bond donors (Lipinski definition) is 1. The molecule has 3 aromatic rings. The molecule has 1 unspecified atom stereocenters. The molecule has 102 valence electrons. The molecule has 0 spiro atoms. The minimum Gasteiger partial charge on any atom is -0.369 e. The number of fused-ring (bicyclic) bond motifs is 1. The lowest BCUT2D eigenvalue weighted by Gasteiger charge is -2.16. The summed E-state index contributed by atoms with van der Waals surface area (Å²) >= 11 is 0. The van der Waals surface area contributed by atoms with E-state index in [0.717, 1.165) is 17.5 Å². The van der Waals surface area contributed by atoms with Gasteiger partial charge in [0.15, 0.2) is 0 Å². The van der Waals surface area contributed by atoms with E-state index in [4.69, 9.17) is 5.73 Å². The van der Waals surface area contributed by atoms with Gasteiger partial charge in [-0.1, -0.05) is 30.3 Å². The summed E-state index contributed by atoms with van der Waals surface area (Å²) < 4.78 is 15.3. The highest BCUT2D eigenvalue weighted by Crippen LogP contribution is 2.25. The number of aromatic nitrogens is 2. The Kier molecular flexibility index (Phi) is 3.14. The van der Waals surface area contributed by atoms with Crippen molar-refractivity contribution in [3.05, 3.63) is 59.9 Å². The molecule has 0 amide bonds. The highest BCUT2D eigenvalue weighted by atomic mass is 19.1. The molecule has 1 aromatic heterocycles. The molecular weight excluding hydrogens is 253 g/mol. The van der Waals surface area contributed by atoms with E-state index in [-0.39, 0.29) is 11.9 Å². The molecule has 0 aliphatic carbocycles. The largest absolute Gasteiger partial charge is 0.369 e. The van der Waals surface area contributed by atoms with Gasteiger partial charge in [-0.2, -0.15) is 0 Å². The fraction of sp³-hybridized carbons (Fsp3) is 0.188. The Morgan fingerprint density at radius 1 is 1.20 bits per heavy atom. The number of hydrogen-bond acceptors (Lipinski definition) is 2. The van der Waals surface area contributed by atoms with E-state index >= 15 is 0 Å². The van der Waals surface area contributed by atoms with E-state index in [9.17, 15) is 4.39 Å². The van der Waals surface area contributed by atoms with Gasteiger partial charge < -0.3 is 10.3 Å². The number of nitrogens with zero attached hydrogens (tertiary/aromatic N) is 2. The average molecular weight is 269 g/mol. The number of anilines is 1. The lowest BCUT2D eigenvalue weighted by atomic mass is 10.1. The predicted octanol–water partition coefficient (Wildman–Crippen LogP) is 3.56. The van der Waals surface area contributed by atoms with Crippen LogP contribution in [0.5, 0.6) is 0 Å². The third-order valence-electron chi connectivity index (χ3n) is 3.49. The van der Waals surface area contributed by atoms with Crippen LogP contribution < -0.4 is 5.73 Å². The van der Waals surface area contributed by atoms with Crippen molar-refractivity contribution in [3.63, 3.8) is 0 Å². The van der Waals surface area contributed by atoms with Crippen LogP contribution in [0.1, 0.15) is 18.5 Å². The Morgan fingerprint density at radius 3 is 2.70 bits per heavy atom. The van der Waals surface area contributed by atoms with Gasteiger partial charge in [-0.3, -0.25) is 0 Å². The maximum absolute atomic E-state index is 13.4. The molecule has 0 saturated carbocycles. The minimum atomic E-state index is -0.273. The normalized spacial score (nSPS) is 12.7. The van der Waals surface area contributed by atoms with Gasteiger partial charge in [-0.25, -0.2) is 9.37 Å². The molecule has 0 aliphatic rings. The molecule has 0 aliphatic heterocycles. The van der Waals surface area contributed by atoms with Crippen molar-refractivity contribution in [2.24, 2.45) is 0 Å². The minimum absolute atomic E-state index is 0.115. The van der Waals surface area contributed by atoms with E-state index in [2.05, 4.69) is 24.0 Å². The zero-order valence-corrected chi connectivity index (χ0v) is 11.3. The monoisotopic (exact) mass is 269 g/mol. The molecule has 0 bridgehead atoms. The number of nitrogens with two attached hydrogens (primary N) is 1. The van der Waals surface area contributed by atoms with E-state index in [1.807, 2.05) is 22.8 Å². The van der Waals surface area contributed by atoms with Crippen LogP contribution in [-0.4, -0.2) is 9.55 Å². The molecule has 2 N–H and O–H groups in total. The van der Waals surface area contributed by atoms with Crippen molar-refractivity contribution in [2.45, 2.75) is 19.4 Å². The number of benzene rings is 2. The zero-order chi connectivity index (χ0) is 14.1. The molecule has 0 fully saturated rings. The van der Waals surface area contributed by atoms with Gasteiger partial charge in [0.25, 0.3) is 0 Å². The maximum Gasteiger partial charge on any atom is 0.201 e. The summed E-state index contributed by atoms with van der Waals surface area (Å²) in [6.45, 7) is 2.06. The summed E-state index contributed by atoms with van der Waals surface area (Å²) in [5.74, 6) is 0.152. The van der Waals surface area contributed by atoms with Gasteiger partial charge in [0.2, 0.25) is 5.95 Å². The summed E-state index contributed by atoms with van der Waals surface area (Å²) in [6, 6.07) is 14.8. The van der Waals surface area contributed by atoms with Crippen molar-refractivity contribution < 1.29 is 4.39 Å². The van der Waals surface area contributed by atoms with Crippen molar-refractivity contribution >= 4 is 17.0 Å². The molecule has 3 nitrogen and oxygen atoms in total. The Bertz CT molecular complexity index is 734. The van der Waals surface area contributed by atoms with Gasteiger partial charge in [0, 0.05) is 6.04 Å². The fourth-order valence-corrected chi connectivity index (χ4v) is 2.59. The first-order valence-electron chi connectivity index (χ1n) is 6.62. The first-order valence-corrected chi connectivity index (χ1v) is 6.62. The molecule has 2 aromatic carbocycles. The fourth-order valence-electron chi connectivity index (χ4n) is 2.59. The van der Waals surface area contributed by atoms with Crippen LogP contribution in [0.3, 0.4) is 0 Å². The topological polar surface area (TPSA) is 43.8 Å². The van der Waals surface area contributed by atoms with Crippen LogP contribution in [0.2, 0.25) is 0 Å². The quantitative estimate of drug-likeness (QED) is 0.790. The van der Waals surface area contributed by atoms with Gasteiger partial charge >= 0.3 is 0 Å². The molecule has 1 atom stereocenters. The van der Waals surface area contributed by atoms with Gasteiger partial charge in [0.05, 0.1) is 11.0 Å². The van der Waals surface area contributed by atoms with Crippen LogP contribution in [0.25, 0.3) is 11.0 Å². The maximum atomic E-state index is 13.4. The van der Waals surface area contributed by atoms with Crippen LogP contribution in [0.4, 0.5) is 10.3 Å². The SMILES string of the molecule is CC(Cc1ccccc1)n1c(N)nc2ccc(F)cc21. The second kappa shape index (κ2) is 4.96. The van der Waals surface area contributed by atoms with Crippen molar-refractivity contribution in [1.29, 1.82) is 0 Å². The molecule has 1 heterocycles. The second-order valence-corrected chi connectivity index (χ2v) is 5.01. The number of halogens is 1. The van der Waals surface area contributed by atoms with Crippen molar-refractivity contribution in [1.82, 2.24) is 9.55 Å². The number of nitrogen functional groups attached to an aromatic ring is 1. The Labute approximate surface area is 116 Å². The first kappa shape index (κ1) is 12.7. The summed E-state index contributed by atoms with van der Waals surface area (Å²) in [5, 5.41) is 0. The van der Waals surface area contributed by atoms with E-state index < -0.39 is 0 Å². The van der Waals surface area contributed by atoms with Gasteiger partial charge in [0.1, 0.15) is 5.82 Å². The third-order valence-corrected chi connectivity index (χ3v) is 3.49. The predicted molar refractivity (Wildman–Crippen MR) is 79.0 cm³/mol. The van der Waals surface area contributed by atoms with Crippen molar-refractivity contribution in [3.8, 4) is 0 Å². The molecule has 4 heteroatoms. The highest BCUT2D eigenvalue weighted by molar-refractivity contribution is 5.78. The van der Waals surface area contributed by atoms with Crippen molar-refractivity contribution in [2.75, 3.05) is 5.73 Å². The average Bonchev–Trinajstić information content (AvgIpc) is 2.75. The molecular formula is C16H16FN3. The summed E-state index contributed by atoms with van der Waals surface area (Å²) in [6.07, 6.45) is 0.826. The summed E-state index contributed by atoms with van der Waals surface area (Å²) in [5.41, 5.74) is 8.67. The van der Waals surface area contributed by atoms with E-state index in [1.54, 1.807) is 6.07 Å². The smallest absolute Gasteiger partial charge is 0.201 e. The number of imidazole rings is 1. The lowest BCUT2D eigenvalue weighted by molar-refractivity contribution is 0.564. The summed E-state index contributed by atoms with van der Waals surface area (Å²) in [4.78, 5) is 4.29. The lowest BCUT2D eigenvalue weighted by Crippen LogP contribution is -2.11. The van der Waals surface area contributed by atoms with Crippen LogP contribution in [-0.2, 0) is 6.42 Å². The molecule has 3 rings (SSSR count).